The molecule has 9 heterocycles. The molecule has 1 atom stereocenters. The number of amides is 8. The number of amidine groups is 1. The normalized spacial score (nSPS) is 12.1. The molecule has 8 aromatic heterocycles. The second kappa shape index (κ2) is 35.7. The van der Waals surface area contributed by atoms with Crippen LogP contribution in [0.5, 0.6) is 5.75 Å². The molecule has 0 bridgehead atoms. The molecule has 0 saturated heterocycles. The van der Waals surface area contributed by atoms with E-state index in [1.165, 1.54) is 133 Å². The predicted octanol–water partition coefficient (Wildman–Crippen LogP) is 7.97. The lowest BCUT2D eigenvalue weighted by molar-refractivity contribution is 0.0695. The van der Waals surface area contributed by atoms with Crippen LogP contribution in [0.1, 0.15) is 121 Å². The largest absolute Gasteiger partial charge is 0.508 e. The van der Waals surface area contributed by atoms with Crippen LogP contribution < -0.4 is 53.3 Å². The van der Waals surface area contributed by atoms with Gasteiger partial charge in [-0.2, -0.15) is 0 Å². The molecule has 0 spiro atoms. The van der Waals surface area contributed by atoms with E-state index in [0.717, 1.165) is 0 Å². The number of aliphatic hydroxyl groups is 2. The number of rotatable bonds is 31. The Balaban J connectivity index is 0.562. The molecule has 2 aromatic carbocycles. The van der Waals surface area contributed by atoms with Gasteiger partial charge in [-0.15, -0.1) is 12.6 Å². The van der Waals surface area contributed by atoms with Crippen molar-refractivity contribution in [2.45, 2.75) is 32.2 Å². The molecule has 8 amide bonds. The molecule has 13 N–H and O–H groups in total. The zero-order valence-corrected chi connectivity index (χ0v) is 66.8. The summed E-state index contributed by atoms with van der Waals surface area (Å²) in [4.78, 5) is 160. The fraction of sp³-hybridized carbons (Fsp3) is 0.241. The third-order valence-corrected chi connectivity index (χ3v) is 19.1. The maximum atomic E-state index is 13.7. The minimum atomic E-state index is -1.19. The molecule has 12 rings (SSSR count). The van der Waals surface area contributed by atoms with E-state index in [1.807, 2.05) is 7.05 Å². The highest BCUT2D eigenvalue weighted by atomic mass is 32.1. The summed E-state index contributed by atoms with van der Waals surface area (Å²) in [6.45, 7) is 3.28. The molecule has 616 valence electrons. The van der Waals surface area contributed by atoms with Gasteiger partial charge in [0.1, 0.15) is 51.6 Å². The van der Waals surface area contributed by atoms with E-state index in [0.29, 0.717) is 83.8 Å². The molecule has 2 aliphatic rings. The summed E-state index contributed by atoms with van der Waals surface area (Å²) >= 11 is 4.50. The Morgan fingerprint density at radius 2 is 1.03 bits per heavy atom. The molecule has 40 heteroatoms. The van der Waals surface area contributed by atoms with Crippen LogP contribution in [0.4, 0.5) is 45.8 Å². The van der Waals surface area contributed by atoms with Crippen molar-refractivity contribution in [1.82, 2.24) is 67.0 Å². The molecule has 0 radical (unpaired) electrons. The highest BCUT2D eigenvalue weighted by Crippen LogP contribution is 2.43. The van der Waals surface area contributed by atoms with E-state index in [-0.39, 0.29) is 121 Å². The maximum Gasteiger partial charge on any atom is 0.336 e. The summed E-state index contributed by atoms with van der Waals surface area (Å²) in [6.07, 6.45) is 14.8. The topological polar surface area (TPSA) is 491 Å². The van der Waals surface area contributed by atoms with Crippen LogP contribution in [0.2, 0.25) is 0 Å². The van der Waals surface area contributed by atoms with Crippen molar-refractivity contribution in [3.05, 3.63) is 202 Å². The molecule has 10 aromatic rings. The Kier molecular flexibility index (Phi) is 25.0. The van der Waals surface area contributed by atoms with E-state index >= 15 is 0 Å². The number of carboxylic acids is 1. The van der Waals surface area contributed by atoms with Gasteiger partial charge in [-0.05, 0) is 112 Å². The summed E-state index contributed by atoms with van der Waals surface area (Å²) < 4.78 is 17.8. The Morgan fingerprint density at radius 3 is 1.59 bits per heavy atom. The highest BCUT2D eigenvalue weighted by molar-refractivity contribution is 7.97. The number of benzene rings is 3. The number of aliphatic hydroxyl groups excluding tert-OH is 2. The first-order valence-corrected chi connectivity index (χ1v) is 37.2. The van der Waals surface area contributed by atoms with E-state index < -0.39 is 65.2 Å². The maximum absolute atomic E-state index is 13.7. The number of phenolic OH excluding ortho intramolecular Hbond substituents is 1. The first-order valence-electron chi connectivity index (χ1n) is 36.8. The number of hydrogen-bond acceptors (Lipinski definition) is 19. The van der Waals surface area contributed by atoms with E-state index in [1.54, 1.807) is 108 Å². The number of fused-ring (bicyclic) bond motifs is 2. The van der Waals surface area contributed by atoms with Crippen LogP contribution in [-0.4, -0.2) is 193 Å². The number of carbonyl (C=O) groups is 9. The lowest BCUT2D eigenvalue weighted by Crippen LogP contribution is -2.30. The number of nitrogens with zero attached hydrogens (tertiary/aromatic N) is 15. The number of aryl methyl sites for hydroxylation is 8. The SMILES string of the molecule is CC(O)=N[C@H](CCNC(=O)c1cc(NC(=O)c2cc(NC(=O)c3cc(NC(=O)c4nccn4C)cn3C)cn2C)cn1C)C(O)=Nc1cc(C(=O)Nc2cn(C)c(C(=O)Nc3cn(C)c(C(=O)Nc4cc(C(=O)NCCCN(C)CCCN=C(S)Nc5ccc(-c6c7ccc(=O)cc-7oc7cc(O)ccc67)c(C(=O)O)c5)n(C)c4)n3)n2)n(C)c1. The number of thiol groups is 1. The first-order chi connectivity index (χ1) is 56.7. The molecule has 1 aliphatic carbocycles. The van der Waals surface area contributed by atoms with E-state index in [4.69, 9.17) is 4.42 Å². The number of carbonyl (C=O) groups excluding carboxylic acids is 8. The Morgan fingerprint density at radius 1 is 0.521 bits per heavy atom. The van der Waals surface area contributed by atoms with Crippen molar-refractivity contribution in [2.75, 3.05) is 77.0 Å². The van der Waals surface area contributed by atoms with Gasteiger partial charge in [-0.1, -0.05) is 6.07 Å². The Bertz CT molecular complexity index is 6110. The Hall–Kier alpha value is -15.1. The monoisotopic (exact) mass is 1640 g/mol. The summed E-state index contributed by atoms with van der Waals surface area (Å²) in [5, 5.41) is 67.8. The van der Waals surface area contributed by atoms with Crippen LogP contribution in [0.3, 0.4) is 0 Å². The number of aliphatic imine (C=N–C) groups is 3. The Labute approximate surface area is 682 Å². The van der Waals surface area contributed by atoms with Crippen molar-refractivity contribution in [1.29, 1.82) is 0 Å². The van der Waals surface area contributed by atoms with Gasteiger partial charge in [0.05, 0.1) is 34.0 Å². The van der Waals surface area contributed by atoms with Gasteiger partial charge >= 0.3 is 5.97 Å². The van der Waals surface area contributed by atoms with Gasteiger partial charge in [-0.3, -0.25) is 48.1 Å². The number of aromatic carboxylic acids is 1. The minimum absolute atomic E-state index is 0.00266. The van der Waals surface area contributed by atoms with Crippen LogP contribution in [0, 0.1) is 0 Å². The standard InChI is InChI=1S/C79H84N24O15S/c1-42(104)84-55(19-22-82-71(109)57-28-45(36-97(57)4)86-72(110)58-31-46(37-99(58)6)87-73(111)59-32-48(39-100(59)7)88-75(113)66-80-23-26-96(66)3)69(107)85-44-30-60(101(8)35-44)74(112)93-63-40-103(10)68(91-63)77(115)94-64-41-102(9)67(92-64)76(114)89-47-29-56(98(5)38-47)70(108)81-20-11-24-95(2)25-12-21-83-79(119)90-43-13-16-51(54(27-43)78(116)117)65-52-17-14-49(105)33-61(52)118-62-34-50(106)15-18-53(62)65/h13-18,23,26-41,55,105H,11-12,19-22,24-25H2,1-10H3,(H,81,108)(H,82,109)(H,84,104)(H,85,107)(H,86,110)(H,87,111)(H,88,113)(H,89,114)(H,93,112)(H,94,115)(H,116,117)(H2,83,90,119)/t55-/m1/s1. The van der Waals surface area contributed by atoms with E-state index in [9.17, 15) is 68.4 Å². The van der Waals surface area contributed by atoms with Gasteiger partial charge in [-0.25, -0.2) is 29.7 Å². The van der Waals surface area contributed by atoms with Gasteiger partial charge in [0.15, 0.2) is 34.0 Å². The first kappa shape index (κ1) is 83.3. The van der Waals surface area contributed by atoms with Gasteiger partial charge in [0, 0.05) is 173 Å². The number of nitrogens with one attached hydrogen (secondary N) is 9. The number of hydrogen-bond donors (Lipinski definition) is 14. The number of imidazole rings is 3. The molecule has 0 fully saturated rings. The van der Waals surface area contributed by atoms with Gasteiger partial charge < -0.3 is 114 Å². The third kappa shape index (κ3) is 19.8. The number of aromatic hydroxyl groups is 1. The summed E-state index contributed by atoms with van der Waals surface area (Å²) in [6, 6.07) is 19.7. The van der Waals surface area contributed by atoms with Crippen LogP contribution in [0.25, 0.3) is 33.4 Å². The second-order valence-corrected chi connectivity index (χ2v) is 28.4. The summed E-state index contributed by atoms with van der Waals surface area (Å²) in [5.41, 5.74) is 4.04. The van der Waals surface area contributed by atoms with E-state index in [2.05, 4.69) is 95.3 Å². The highest BCUT2D eigenvalue weighted by Gasteiger charge is 2.28. The molecule has 0 saturated carbocycles. The molecule has 39 nitrogen and oxygen atoms in total. The molecule has 0 unspecified atom stereocenters. The second-order valence-electron chi connectivity index (χ2n) is 28.0. The van der Waals surface area contributed by atoms with Crippen molar-refractivity contribution in [3.8, 4) is 28.2 Å². The number of anilines is 7. The lowest BCUT2D eigenvalue weighted by atomic mass is 9.90. The average Bonchev–Trinajstić information content (AvgIpc) is 1.62. The summed E-state index contributed by atoms with van der Waals surface area (Å²) in [7, 11) is 14.8. The molecule has 119 heavy (non-hydrogen) atoms. The number of phenols is 1. The number of aromatic nitrogens is 11. The fourth-order valence-electron chi connectivity index (χ4n) is 13.2. The van der Waals surface area contributed by atoms with Gasteiger partial charge in [0.2, 0.25) is 17.5 Å². The number of carboxylic acid groups (broad SMARTS) is 1. The quantitative estimate of drug-likeness (QED) is 0.00643. The van der Waals surface area contributed by atoms with Crippen LogP contribution >= 0.6 is 12.6 Å². The van der Waals surface area contributed by atoms with Crippen molar-refractivity contribution >= 4 is 140 Å². The lowest BCUT2D eigenvalue weighted by Gasteiger charge is -2.17. The smallest absolute Gasteiger partial charge is 0.336 e. The molecular weight excluding hydrogens is 1560 g/mol. The third-order valence-electron chi connectivity index (χ3n) is 18.9. The van der Waals surface area contributed by atoms with Crippen molar-refractivity contribution in [2.24, 2.45) is 71.4 Å². The zero-order valence-electron chi connectivity index (χ0n) is 65.9. The minimum Gasteiger partial charge on any atom is -0.508 e. The average molecular weight is 1640 g/mol. The van der Waals surface area contributed by atoms with Crippen LogP contribution in [0.15, 0.2) is 165 Å². The van der Waals surface area contributed by atoms with Gasteiger partial charge in [0.25, 0.3) is 47.3 Å². The predicted molar refractivity (Wildman–Crippen MR) is 448 cm³/mol. The van der Waals surface area contributed by atoms with Crippen LogP contribution in [-0.2, 0) is 56.4 Å². The molecule has 1 aliphatic heterocycles. The van der Waals surface area contributed by atoms with Crippen molar-refractivity contribution in [3.63, 3.8) is 0 Å². The summed E-state index contributed by atoms with van der Waals surface area (Å²) in [5.74, 6) is -6.52. The zero-order chi connectivity index (χ0) is 85.4. The fourth-order valence-corrected chi connectivity index (χ4v) is 13.4. The molecular formula is C79H84N24O15S. The van der Waals surface area contributed by atoms with Crippen molar-refractivity contribution < 1.29 is 68.0 Å².